The van der Waals surface area contributed by atoms with Crippen molar-refractivity contribution in [2.75, 3.05) is 12.4 Å². The zero-order valence-electron chi connectivity index (χ0n) is 13.1. The molecule has 1 N–H and O–H groups in total. The summed E-state index contributed by atoms with van der Waals surface area (Å²) < 4.78 is 6.79. The molecule has 0 amide bonds. The number of fused-ring (bicyclic) bond motifs is 1. The highest BCUT2D eigenvalue weighted by molar-refractivity contribution is 6.32. The van der Waals surface area contributed by atoms with Gasteiger partial charge in [0.25, 0.3) is 0 Å². The maximum absolute atomic E-state index is 6.14. The van der Waals surface area contributed by atoms with Crippen molar-refractivity contribution in [3.05, 3.63) is 54.3 Å². The molecule has 0 bridgehead atoms. The van der Waals surface area contributed by atoms with Gasteiger partial charge >= 0.3 is 0 Å². The van der Waals surface area contributed by atoms with Gasteiger partial charge in [0, 0.05) is 36.0 Å². The fraction of sp³-hybridized carbons (Fsp3) is 0.0625. The van der Waals surface area contributed by atoms with Gasteiger partial charge < -0.3 is 10.1 Å². The van der Waals surface area contributed by atoms with E-state index in [-0.39, 0.29) is 0 Å². The molecule has 0 spiro atoms. The lowest BCUT2D eigenvalue weighted by atomic mass is 10.2. The molecule has 4 aromatic rings. The molecule has 0 unspecified atom stereocenters. The molecular weight excluding hydrogens is 342 g/mol. The van der Waals surface area contributed by atoms with Crippen LogP contribution in [0.5, 0.6) is 5.75 Å². The van der Waals surface area contributed by atoms with Gasteiger partial charge in [-0.2, -0.15) is 4.98 Å². The van der Waals surface area contributed by atoms with Crippen LogP contribution in [0, 0.1) is 0 Å². The van der Waals surface area contributed by atoms with E-state index in [0.29, 0.717) is 28.1 Å². The van der Waals surface area contributed by atoms with Gasteiger partial charge in [-0.05, 0) is 18.2 Å². The Balaban J connectivity index is 1.71. The maximum Gasteiger partial charge on any atom is 0.247 e. The summed E-state index contributed by atoms with van der Waals surface area (Å²) in [6.07, 6.45) is 8.20. The molecule has 0 fully saturated rings. The van der Waals surface area contributed by atoms with Crippen molar-refractivity contribution in [1.29, 1.82) is 0 Å². The number of hydrogen-bond donors (Lipinski definition) is 1. The maximum atomic E-state index is 6.14. The summed E-state index contributed by atoms with van der Waals surface area (Å²) in [4.78, 5) is 16.9. The Morgan fingerprint density at radius 2 is 2.04 bits per heavy atom. The Hall–Kier alpha value is -3.26. The summed E-state index contributed by atoms with van der Waals surface area (Å²) in [6.45, 7) is 0. The first-order valence-electron chi connectivity index (χ1n) is 7.32. The molecule has 0 atom stereocenters. The summed E-state index contributed by atoms with van der Waals surface area (Å²) in [7, 11) is 1.57. The van der Waals surface area contributed by atoms with Crippen molar-refractivity contribution in [3.8, 4) is 17.0 Å². The van der Waals surface area contributed by atoms with E-state index in [0.717, 1.165) is 11.3 Å². The summed E-state index contributed by atoms with van der Waals surface area (Å²) >= 11 is 6.14. The standard InChI is InChI=1S/C16H12ClN7O/c1-25-13-3-2-11(6-12(13)17)21-16-22-15-14(10-7-18-9-19-8-10)20-4-5-24(15)23-16/h2-9H,1H3,(H,21,23). The van der Waals surface area contributed by atoms with Crippen LogP contribution in [0.1, 0.15) is 0 Å². The van der Waals surface area contributed by atoms with E-state index in [2.05, 4.69) is 30.4 Å². The third-order valence-electron chi connectivity index (χ3n) is 3.50. The largest absolute Gasteiger partial charge is 0.495 e. The third kappa shape index (κ3) is 2.94. The van der Waals surface area contributed by atoms with Crippen molar-refractivity contribution >= 4 is 28.9 Å². The van der Waals surface area contributed by atoms with Crippen LogP contribution >= 0.6 is 11.6 Å². The minimum Gasteiger partial charge on any atom is -0.495 e. The number of rotatable bonds is 4. The van der Waals surface area contributed by atoms with E-state index >= 15 is 0 Å². The van der Waals surface area contributed by atoms with Crippen LogP contribution in [0.4, 0.5) is 11.6 Å². The number of halogens is 1. The van der Waals surface area contributed by atoms with Gasteiger partial charge in [0.15, 0.2) is 5.65 Å². The van der Waals surface area contributed by atoms with E-state index in [1.807, 2.05) is 6.07 Å². The third-order valence-corrected chi connectivity index (χ3v) is 3.79. The highest BCUT2D eigenvalue weighted by atomic mass is 35.5. The van der Waals surface area contributed by atoms with Gasteiger partial charge in [-0.1, -0.05) is 11.6 Å². The normalized spacial score (nSPS) is 10.8. The summed E-state index contributed by atoms with van der Waals surface area (Å²) in [5, 5.41) is 8.03. The molecule has 0 aliphatic carbocycles. The summed E-state index contributed by atoms with van der Waals surface area (Å²) in [5.41, 5.74) is 2.76. The number of anilines is 2. The van der Waals surface area contributed by atoms with Crippen LogP contribution in [0.3, 0.4) is 0 Å². The first kappa shape index (κ1) is 15.3. The highest BCUT2D eigenvalue weighted by Gasteiger charge is 2.12. The first-order valence-corrected chi connectivity index (χ1v) is 7.70. The Labute approximate surface area is 147 Å². The number of ether oxygens (including phenoxy) is 1. The minimum atomic E-state index is 0.423. The van der Waals surface area contributed by atoms with E-state index in [9.17, 15) is 0 Å². The first-order chi connectivity index (χ1) is 12.2. The van der Waals surface area contributed by atoms with E-state index in [4.69, 9.17) is 16.3 Å². The second-order valence-corrected chi connectivity index (χ2v) is 5.49. The van der Waals surface area contributed by atoms with Crippen molar-refractivity contribution in [3.63, 3.8) is 0 Å². The zero-order chi connectivity index (χ0) is 17.2. The Morgan fingerprint density at radius 1 is 1.20 bits per heavy atom. The van der Waals surface area contributed by atoms with Crippen molar-refractivity contribution in [2.24, 2.45) is 0 Å². The minimum absolute atomic E-state index is 0.423. The molecule has 8 nitrogen and oxygen atoms in total. The number of benzene rings is 1. The molecule has 1 aromatic carbocycles. The van der Waals surface area contributed by atoms with Gasteiger partial charge in [-0.3, -0.25) is 4.98 Å². The van der Waals surface area contributed by atoms with Crippen molar-refractivity contribution < 1.29 is 4.74 Å². The van der Waals surface area contributed by atoms with Crippen LogP contribution in [0.25, 0.3) is 16.9 Å². The predicted octanol–water partition coefficient (Wildman–Crippen LogP) is 2.99. The highest BCUT2D eigenvalue weighted by Crippen LogP contribution is 2.28. The van der Waals surface area contributed by atoms with Gasteiger partial charge in [0.05, 0.1) is 12.1 Å². The molecule has 9 heteroatoms. The molecule has 0 saturated carbocycles. The van der Waals surface area contributed by atoms with Crippen LogP contribution in [0.2, 0.25) is 5.02 Å². The Bertz CT molecular complexity index is 1040. The van der Waals surface area contributed by atoms with Crippen LogP contribution in [-0.4, -0.2) is 36.7 Å². The molecule has 25 heavy (non-hydrogen) atoms. The van der Waals surface area contributed by atoms with Crippen molar-refractivity contribution in [1.82, 2.24) is 29.5 Å². The lowest BCUT2D eigenvalue weighted by Crippen LogP contribution is -1.94. The van der Waals surface area contributed by atoms with Crippen LogP contribution in [-0.2, 0) is 0 Å². The van der Waals surface area contributed by atoms with Gasteiger partial charge in [0.2, 0.25) is 5.95 Å². The smallest absolute Gasteiger partial charge is 0.247 e. The molecule has 3 heterocycles. The fourth-order valence-corrected chi connectivity index (χ4v) is 2.63. The van der Waals surface area contributed by atoms with Gasteiger partial charge in [0.1, 0.15) is 17.8 Å². The number of aromatic nitrogens is 6. The fourth-order valence-electron chi connectivity index (χ4n) is 2.37. The molecule has 0 aliphatic rings. The lowest BCUT2D eigenvalue weighted by molar-refractivity contribution is 0.415. The van der Waals surface area contributed by atoms with Crippen LogP contribution in [0.15, 0.2) is 49.3 Å². The quantitative estimate of drug-likeness (QED) is 0.603. The van der Waals surface area contributed by atoms with Gasteiger partial charge in [-0.25, -0.2) is 14.5 Å². The average molecular weight is 354 g/mol. The number of methoxy groups -OCH3 is 1. The molecule has 124 valence electrons. The number of hydrogen-bond acceptors (Lipinski definition) is 7. The van der Waals surface area contributed by atoms with E-state index in [1.165, 1.54) is 6.33 Å². The molecular formula is C16H12ClN7O. The zero-order valence-corrected chi connectivity index (χ0v) is 13.8. The lowest BCUT2D eigenvalue weighted by Gasteiger charge is -2.05. The summed E-state index contributed by atoms with van der Waals surface area (Å²) in [6, 6.07) is 5.35. The predicted molar refractivity (Wildman–Crippen MR) is 93.1 cm³/mol. The second-order valence-electron chi connectivity index (χ2n) is 5.08. The number of nitrogens with one attached hydrogen (secondary N) is 1. The average Bonchev–Trinajstić information content (AvgIpc) is 3.05. The number of nitrogens with zero attached hydrogens (tertiary/aromatic N) is 6. The molecule has 0 radical (unpaired) electrons. The topological polar surface area (TPSA) is 90.1 Å². The Kier molecular flexibility index (Phi) is 3.87. The molecule has 4 rings (SSSR count). The van der Waals surface area contributed by atoms with Crippen molar-refractivity contribution in [2.45, 2.75) is 0 Å². The SMILES string of the molecule is COc1ccc(Nc2nc3c(-c4cncnc4)nccn3n2)cc1Cl. The molecule has 0 saturated heterocycles. The van der Waals surface area contributed by atoms with Gasteiger partial charge in [-0.15, -0.1) is 5.10 Å². The molecule has 3 aromatic heterocycles. The summed E-state index contributed by atoms with van der Waals surface area (Å²) in [5.74, 6) is 1.03. The van der Waals surface area contributed by atoms with E-state index in [1.54, 1.807) is 48.5 Å². The van der Waals surface area contributed by atoms with E-state index < -0.39 is 0 Å². The molecule has 0 aliphatic heterocycles. The second kappa shape index (κ2) is 6.33. The van der Waals surface area contributed by atoms with Crippen LogP contribution < -0.4 is 10.1 Å². The monoisotopic (exact) mass is 353 g/mol. The Morgan fingerprint density at radius 3 is 2.80 bits per heavy atom.